The molecule has 0 fully saturated rings. The number of halogens is 3. The van der Waals surface area contributed by atoms with Crippen LogP contribution in [-0.2, 0) is 16.0 Å². The summed E-state index contributed by atoms with van der Waals surface area (Å²) in [4.78, 5) is 25.0. The first kappa shape index (κ1) is 28.3. The molecule has 0 radical (unpaired) electrons. The minimum absolute atomic E-state index is 0.0459. The highest BCUT2D eigenvalue weighted by Crippen LogP contribution is 2.36. The molecule has 8 nitrogen and oxygen atoms in total. The summed E-state index contributed by atoms with van der Waals surface area (Å²) in [5, 5.41) is 10.4. The summed E-state index contributed by atoms with van der Waals surface area (Å²) in [6.45, 7) is 5.56. The number of benzene rings is 3. The van der Waals surface area contributed by atoms with Gasteiger partial charge in [0.2, 0.25) is 0 Å². The lowest BCUT2D eigenvalue weighted by atomic mass is 10.1. The Morgan fingerprint density at radius 3 is 2.20 bits per heavy atom. The largest absolute Gasteiger partial charge is 0.573 e. The molecule has 0 saturated carbocycles. The number of carboxylic acids is 1. The monoisotopic (exact) mass is 557 g/mol. The van der Waals surface area contributed by atoms with Crippen molar-refractivity contribution in [2.75, 3.05) is 6.61 Å². The number of esters is 1. The summed E-state index contributed by atoms with van der Waals surface area (Å²) in [5.74, 6) is -1.52. The number of fused-ring (bicyclic) bond motifs is 1. The molecule has 0 spiro atoms. The molecule has 0 saturated heterocycles. The molecule has 1 heterocycles. The van der Waals surface area contributed by atoms with Crippen LogP contribution in [0.4, 0.5) is 13.2 Å². The summed E-state index contributed by atoms with van der Waals surface area (Å²) in [6, 6.07) is 16.5. The van der Waals surface area contributed by atoms with E-state index < -0.39 is 24.1 Å². The van der Waals surface area contributed by atoms with Crippen LogP contribution >= 0.6 is 0 Å². The quantitative estimate of drug-likeness (QED) is 0.212. The highest BCUT2D eigenvalue weighted by Gasteiger charge is 2.31. The van der Waals surface area contributed by atoms with Crippen LogP contribution in [0.3, 0.4) is 0 Å². The Hall–Kier alpha value is -4.67. The van der Waals surface area contributed by atoms with Crippen LogP contribution in [0.1, 0.15) is 36.8 Å². The van der Waals surface area contributed by atoms with E-state index in [1.807, 2.05) is 13.8 Å². The zero-order valence-electron chi connectivity index (χ0n) is 21.8. The van der Waals surface area contributed by atoms with Gasteiger partial charge in [-0.2, -0.15) is 0 Å². The first-order chi connectivity index (χ1) is 18.9. The van der Waals surface area contributed by atoms with Gasteiger partial charge in [-0.3, -0.25) is 4.79 Å². The Bertz CT molecular complexity index is 1530. The molecule has 210 valence electrons. The van der Waals surface area contributed by atoms with Gasteiger partial charge >= 0.3 is 18.3 Å². The van der Waals surface area contributed by atoms with Gasteiger partial charge in [0.1, 0.15) is 23.0 Å². The van der Waals surface area contributed by atoms with Crippen molar-refractivity contribution in [3.8, 4) is 28.7 Å². The van der Waals surface area contributed by atoms with Gasteiger partial charge in [0.05, 0.1) is 30.2 Å². The topological polar surface area (TPSA) is 96.2 Å². The minimum Gasteiger partial charge on any atom is -0.491 e. The fourth-order valence-electron chi connectivity index (χ4n) is 4.25. The van der Waals surface area contributed by atoms with Gasteiger partial charge in [0.15, 0.2) is 0 Å². The molecule has 0 aliphatic heterocycles. The Morgan fingerprint density at radius 2 is 1.57 bits per heavy atom. The molecular formula is C29H26F3NO7. The third-order valence-corrected chi connectivity index (χ3v) is 5.61. The first-order valence-corrected chi connectivity index (χ1v) is 12.3. The predicted octanol–water partition coefficient (Wildman–Crippen LogP) is 6.91. The lowest BCUT2D eigenvalue weighted by molar-refractivity contribution is -0.274. The lowest BCUT2D eigenvalue weighted by Gasteiger charge is -2.14. The third kappa shape index (κ3) is 6.66. The summed E-state index contributed by atoms with van der Waals surface area (Å²) in [7, 11) is 0. The number of hydrogen-bond acceptors (Lipinski definition) is 6. The van der Waals surface area contributed by atoms with Crippen molar-refractivity contribution in [2.45, 2.75) is 39.7 Å². The molecule has 4 aromatic rings. The second kappa shape index (κ2) is 11.6. The molecule has 3 aromatic carbocycles. The summed E-state index contributed by atoms with van der Waals surface area (Å²) >= 11 is 0. The van der Waals surface area contributed by atoms with Crippen molar-refractivity contribution in [3.63, 3.8) is 0 Å². The normalized spacial score (nSPS) is 11.5. The first-order valence-electron chi connectivity index (χ1n) is 12.3. The molecular weight excluding hydrogens is 531 g/mol. The predicted molar refractivity (Wildman–Crippen MR) is 140 cm³/mol. The molecule has 0 unspecified atom stereocenters. The van der Waals surface area contributed by atoms with Gasteiger partial charge in [-0.05, 0) is 75.4 Å². The number of alkyl halides is 3. The van der Waals surface area contributed by atoms with Gasteiger partial charge in [-0.15, -0.1) is 13.2 Å². The zero-order valence-corrected chi connectivity index (χ0v) is 21.8. The second-order valence-electron chi connectivity index (χ2n) is 8.91. The average Bonchev–Trinajstić information content (AvgIpc) is 3.16. The second-order valence-corrected chi connectivity index (χ2v) is 8.91. The minimum atomic E-state index is -4.87. The van der Waals surface area contributed by atoms with E-state index in [-0.39, 0.29) is 47.3 Å². The van der Waals surface area contributed by atoms with Crippen LogP contribution in [0.2, 0.25) is 0 Å². The highest BCUT2D eigenvalue weighted by molar-refractivity contribution is 6.07. The molecule has 40 heavy (non-hydrogen) atoms. The molecule has 1 aromatic heterocycles. The maximum Gasteiger partial charge on any atom is 0.573 e. The van der Waals surface area contributed by atoms with Crippen molar-refractivity contribution in [2.24, 2.45) is 0 Å². The number of aromatic carboxylic acids is 1. The van der Waals surface area contributed by atoms with Crippen LogP contribution in [0.25, 0.3) is 16.6 Å². The third-order valence-electron chi connectivity index (χ3n) is 5.61. The Morgan fingerprint density at radius 1 is 0.925 bits per heavy atom. The van der Waals surface area contributed by atoms with E-state index in [0.29, 0.717) is 17.0 Å². The van der Waals surface area contributed by atoms with Crippen LogP contribution in [0.15, 0.2) is 66.7 Å². The Balaban J connectivity index is 1.82. The number of carbonyl (C=O) groups is 2. The van der Waals surface area contributed by atoms with Crippen LogP contribution in [0, 0.1) is 0 Å². The fraction of sp³-hybridized carbons (Fsp3) is 0.241. The van der Waals surface area contributed by atoms with E-state index in [9.17, 15) is 27.9 Å². The van der Waals surface area contributed by atoms with Crippen molar-refractivity contribution in [1.82, 2.24) is 4.57 Å². The van der Waals surface area contributed by atoms with E-state index in [1.165, 1.54) is 18.2 Å². The van der Waals surface area contributed by atoms with E-state index in [1.54, 1.807) is 47.9 Å². The van der Waals surface area contributed by atoms with Crippen molar-refractivity contribution in [3.05, 3.63) is 78.0 Å². The number of nitrogens with zero attached hydrogens (tertiary/aromatic N) is 1. The number of carbonyl (C=O) groups excluding carboxylic acids is 1. The van der Waals surface area contributed by atoms with E-state index in [0.717, 1.165) is 12.1 Å². The van der Waals surface area contributed by atoms with Crippen molar-refractivity contribution in [1.29, 1.82) is 0 Å². The SMILES string of the molecule is CCOC(=O)Cc1c(C(=O)O)c2cc(Oc3cccc(OC(F)(F)F)c3)ccc2n1-c1ccc(OC(C)C)cc1. The van der Waals surface area contributed by atoms with Gasteiger partial charge in [-0.25, -0.2) is 4.79 Å². The van der Waals surface area contributed by atoms with Crippen LogP contribution in [-0.4, -0.2) is 40.7 Å². The van der Waals surface area contributed by atoms with Crippen LogP contribution < -0.4 is 14.2 Å². The fourth-order valence-corrected chi connectivity index (χ4v) is 4.25. The molecule has 4 rings (SSSR count). The smallest absolute Gasteiger partial charge is 0.491 e. The standard InChI is InChI=1S/C29H26F3NO7/c1-4-37-26(34)16-25-27(28(35)36)23-15-21(39-20-6-5-7-22(14-20)40-29(30,31)32)12-13-24(23)33(25)18-8-10-19(11-9-18)38-17(2)3/h5-15,17H,4,16H2,1-3H3,(H,35,36). The zero-order chi connectivity index (χ0) is 29.0. The summed E-state index contributed by atoms with van der Waals surface area (Å²) in [5.41, 5.74) is 1.11. The maximum atomic E-state index is 12.6. The number of hydrogen-bond donors (Lipinski definition) is 1. The number of rotatable bonds is 10. The Labute approximate surface area is 227 Å². The van der Waals surface area contributed by atoms with Crippen molar-refractivity contribution < 1.29 is 46.8 Å². The lowest BCUT2D eigenvalue weighted by Crippen LogP contribution is -2.16. The van der Waals surface area contributed by atoms with Crippen molar-refractivity contribution >= 4 is 22.8 Å². The molecule has 0 bridgehead atoms. The van der Waals surface area contributed by atoms with Gasteiger partial charge < -0.3 is 28.6 Å². The highest BCUT2D eigenvalue weighted by atomic mass is 19.4. The van der Waals surface area contributed by atoms with Gasteiger partial charge in [0, 0.05) is 22.8 Å². The molecule has 0 amide bonds. The van der Waals surface area contributed by atoms with E-state index in [2.05, 4.69) is 4.74 Å². The Kier molecular flexibility index (Phi) is 8.22. The number of aromatic nitrogens is 1. The molecule has 0 aliphatic carbocycles. The summed E-state index contributed by atoms with van der Waals surface area (Å²) in [6.07, 6.45) is -5.23. The molecule has 11 heteroatoms. The van der Waals surface area contributed by atoms with Crippen LogP contribution in [0.5, 0.6) is 23.0 Å². The van der Waals surface area contributed by atoms with Gasteiger partial charge in [-0.1, -0.05) is 6.07 Å². The number of ether oxygens (including phenoxy) is 4. The van der Waals surface area contributed by atoms with Gasteiger partial charge in [0.25, 0.3) is 0 Å². The van der Waals surface area contributed by atoms with E-state index in [4.69, 9.17) is 14.2 Å². The maximum absolute atomic E-state index is 12.6. The summed E-state index contributed by atoms with van der Waals surface area (Å²) < 4.78 is 60.0. The number of carboxylic acid groups (broad SMARTS) is 1. The van der Waals surface area contributed by atoms with E-state index >= 15 is 0 Å². The molecule has 1 N–H and O–H groups in total. The average molecular weight is 558 g/mol. The molecule has 0 atom stereocenters. The molecule has 0 aliphatic rings.